The van der Waals surface area contributed by atoms with Gasteiger partial charge in [0.25, 0.3) is 0 Å². The first-order chi connectivity index (χ1) is 9.19. The Morgan fingerprint density at radius 3 is 2.89 bits per heavy atom. The number of thioether (sulfide) groups is 1. The van der Waals surface area contributed by atoms with Gasteiger partial charge in [-0.3, -0.25) is 15.1 Å². The van der Waals surface area contributed by atoms with E-state index >= 15 is 0 Å². The van der Waals surface area contributed by atoms with Crippen LogP contribution in [0, 0.1) is 0 Å². The third-order valence-electron chi connectivity index (χ3n) is 3.35. The lowest BCUT2D eigenvalue weighted by Crippen LogP contribution is -2.36. The van der Waals surface area contributed by atoms with Gasteiger partial charge < -0.3 is 0 Å². The SMILES string of the molecule is CC1CN(Cc2ccccc2CC(=O)NN)CCS1. The van der Waals surface area contributed by atoms with Crippen molar-refractivity contribution in [1.29, 1.82) is 0 Å². The number of carbonyl (C=O) groups excluding carboxylic acids is 1. The lowest BCUT2D eigenvalue weighted by Gasteiger charge is -2.31. The molecular formula is C14H21N3OS. The lowest BCUT2D eigenvalue weighted by molar-refractivity contribution is -0.120. The summed E-state index contributed by atoms with van der Waals surface area (Å²) in [5.74, 6) is 6.20. The van der Waals surface area contributed by atoms with Crippen LogP contribution in [-0.4, -0.2) is 34.9 Å². The highest BCUT2D eigenvalue weighted by molar-refractivity contribution is 7.99. The molecule has 1 aliphatic heterocycles. The molecule has 0 bridgehead atoms. The van der Waals surface area contributed by atoms with Gasteiger partial charge in [-0.1, -0.05) is 31.2 Å². The molecular weight excluding hydrogens is 258 g/mol. The first kappa shape index (κ1) is 14.4. The van der Waals surface area contributed by atoms with Gasteiger partial charge in [0.1, 0.15) is 0 Å². The number of nitrogens with two attached hydrogens (primary N) is 1. The average Bonchev–Trinajstić information content (AvgIpc) is 2.41. The van der Waals surface area contributed by atoms with Crippen LogP contribution < -0.4 is 11.3 Å². The van der Waals surface area contributed by atoms with Crippen LogP contribution in [0.5, 0.6) is 0 Å². The summed E-state index contributed by atoms with van der Waals surface area (Å²) in [6, 6.07) is 8.11. The second-order valence-corrected chi connectivity index (χ2v) is 6.48. The van der Waals surface area contributed by atoms with E-state index < -0.39 is 0 Å². The fourth-order valence-electron chi connectivity index (χ4n) is 2.38. The number of hydrazine groups is 1. The molecule has 0 aromatic heterocycles. The zero-order valence-corrected chi connectivity index (χ0v) is 12.1. The van der Waals surface area contributed by atoms with Crippen LogP contribution in [0.1, 0.15) is 18.1 Å². The van der Waals surface area contributed by atoms with Crippen LogP contribution in [0.2, 0.25) is 0 Å². The van der Waals surface area contributed by atoms with Gasteiger partial charge >= 0.3 is 0 Å². The zero-order valence-electron chi connectivity index (χ0n) is 11.3. The van der Waals surface area contributed by atoms with E-state index in [0.717, 1.165) is 25.2 Å². The molecule has 104 valence electrons. The molecule has 5 heteroatoms. The smallest absolute Gasteiger partial charge is 0.238 e. The van der Waals surface area contributed by atoms with E-state index in [9.17, 15) is 4.79 Å². The third kappa shape index (κ3) is 4.23. The van der Waals surface area contributed by atoms with Crippen molar-refractivity contribution in [3.63, 3.8) is 0 Å². The molecule has 0 radical (unpaired) electrons. The fourth-order valence-corrected chi connectivity index (χ4v) is 3.47. The normalized spacial score (nSPS) is 20.2. The van der Waals surface area contributed by atoms with Crippen molar-refractivity contribution in [3.8, 4) is 0 Å². The van der Waals surface area contributed by atoms with Crippen LogP contribution in [0.4, 0.5) is 0 Å². The highest BCUT2D eigenvalue weighted by Gasteiger charge is 2.18. The highest BCUT2D eigenvalue weighted by atomic mass is 32.2. The van der Waals surface area contributed by atoms with Crippen molar-refractivity contribution in [2.45, 2.75) is 25.1 Å². The largest absolute Gasteiger partial charge is 0.297 e. The molecule has 1 heterocycles. The van der Waals surface area contributed by atoms with Crippen LogP contribution in [-0.2, 0) is 17.8 Å². The molecule has 1 amide bonds. The Bertz CT molecular complexity index is 438. The molecule has 1 aliphatic rings. The monoisotopic (exact) mass is 279 g/mol. The number of nitrogens with one attached hydrogen (secondary N) is 1. The summed E-state index contributed by atoms with van der Waals surface area (Å²) in [7, 11) is 0. The minimum Gasteiger partial charge on any atom is -0.297 e. The maximum Gasteiger partial charge on any atom is 0.238 e. The van der Waals surface area contributed by atoms with Crippen molar-refractivity contribution < 1.29 is 4.79 Å². The molecule has 0 saturated carbocycles. The number of rotatable bonds is 4. The quantitative estimate of drug-likeness (QED) is 0.493. The van der Waals surface area contributed by atoms with Crippen molar-refractivity contribution in [3.05, 3.63) is 35.4 Å². The van der Waals surface area contributed by atoms with E-state index in [0.29, 0.717) is 11.7 Å². The number of hydrogen-bond donors (Lipinski definition) is 2. The fraction of sp³-hybridized carbons (Fsp3) is 0.500. The van der Waals surface area contributed by atoms with E-state index in [1.54, 1.807) is 0 Å². The number of nitrogens with zero attached hydrogens (tertiary/aromatic N) is 1. The van der Waals surface area contributed by atoms with Crippen molar-refractivity contribution in [1.82, 2.24) is 10.3 Å². The maximum atomic E-state index is 11.4. The van der Waals surface area contributed by atoms with Crippen LogP contribution >= 0.6 is 11.8 Å². The number of amides is 1. The Kier molecular flexibility index (Phi) is 5.24. The molecule has 0 aliphatic carbocycles. The first-order valence-electron chi connectivity index (χ1n) is 6.59. The summed E-state index contributed by atoms with van der Waals surface area (Å²) >= 11 is 2.03. The van der Waals surface area contributed by atoms with Crippen LogP contribution in [0.25, 0.3) is 0 Å². The predicted molar refractivity (Wildman–Crippen MR) is 79.7 cm³/mol. The molecule has 1 unspecified atom stereocenters. The Labute approximate surface area is 118 Å². The number of hydrogen-bond acceptors (Lipinski definition) is 4. The number of benzene rings is 1. The minimum atomic E-state index is -0.144. The second kappa shape index (κ2) is 6.93. The predicted octanol–water partition coefficient (Wildman–Crippen LogP) is 1.16. The molecule has 19 heavy (non-hydrogen) atoms. The van der Waals surface area contributed by atoms with E-state index in [1.807, 2.05) is 30.0 Å². The molecule has 1 fully saturated rings. The Balaban J connectivity index is 2.04. The van der Waals surface area contributed by atoms with E-state index in [1.165, 1.54) is 11.3 Å². The maximum absolute atomic E-state index is 11.4. The summed E-state index contributed by atoms with van der Waals surface area (Å²) in [6.07, 6.45) is 0.352. The molecule has 0 spiro atoms. The topological polar surface area (TPSA) is 58.4 Å². The van der Waals surface area contributed by atoms with Crippen LogP contribution in [0.3, 0.4) is 0 Å². The second-order valence-electron chi connectivity index (χ2n) is 4.93. The van der Waals surface area contributed by atoms with Gasteiger partial charge in [0, 0.05) is 30.6 Å². The Morgan fingerprint density at radius 2 is 2.21 bits per heavy atom. The third-order valence-corrected chi connectivity index (χ3v) is 4.49. The Morgan fingerprint density at radius 1 is 1.47 bits per heavy atom. The van der Waals surface area contributed by atoms with Gasteiger partial charge in [-0.15, -0.1) is 0 Å². The first-order valence-corrected chi connectivity index (χ1v) is 7.64. The molecule has 1 atom stereocenters. The lowest BCUT2D eigenvalue weighted by atomic mass is 10.0. The van der Waals surface area contributed by atoms with Crippen molar-refractivity contribution in [2.24, 2.45) is 5.84 Å². The van der Waals surface area contributed by atoms with Crippen molar-refractivity contribution >= 4 is 17.7 Å². The van der Waals surface area contributed by atoms with Gasteiger partial charge in [0.2, 0.25) is 5.91 Å². The van der Waals surface area contributed by atoms with Gasteiger partial charge in [-0.05, 0) is 11.1 Å². The van der Waals surface area contributed by atoms with Gasteiger partial charge in [0.05, 0.1) is 6.42 Å². The van der Waals surface area contributed by atoms with E-state index in [-0.39, 0.29) is 5.91 Å². The van der Waals surface area contributed by atoms with Gasteiger partial charge in [0.15, 0.2) is 0 Å². The van der Waals surface area contributed by atoms with E-state index in [4.69, 9.17) is 5.84 Å². The standard InChI is InChI=1S/C14H21N3OS/c1-11-9-17(6-7-19-11)10-13-5-3-2-4-12(13)8-14(18)16-15/h2-5,11H,6-10,15H2,1H3,(H,16,18). The average molecular weight is 279 g/mol. The summed E-state index contributed by atoms with van der Waals surface area (Å²) < 4.78 is 0. The molecule has 3 N–H and O–H groups in total. The molecule has 2 rings (SSSR count). The zero-order chi connectivity index (χ0) is 13.7. The van der Waals surface area contributed by atoms with Crippen LogP contribution in [0.15, 0.2) is 24.3 Å². The van der Waals surface area contributed by atoms with Gasteiger partial charge in [-0.2, -0.15) is 11.8 Å². The summed E-state index contributed by atoms with van der Waals surface area (Å²) in [5, 5.41) is 0.688. The van der Waals surface area contributed by atoms with Gasteiger partial charge in [-0.25, -0.2) is 5.84 Å². The number of carbonyl (C=O) groups is 1. The summed E-state index contributed by atoms with van der Waals surface area (Å²) in [5.41, 5.74) is 4.49. The Hall–Kier alpha value is -1.04. The van der Waals surface area contributed by atoms with E-state index in [2.05, 4.69) is 23.3 Å². The highest BCUT2D eigenvalue weighted by Crippen LogP contribution is 2.20. The molecule has 4 nitrogen and oxygen atoms in total. The summed E-state index contributed by atoms with van der Waals surface area (Å²) in [4.78, 5) is 13.9. The minimum absolute atomic E-state index is 0.144. The molecule has 1 aromatic rings. The van der Waals surface area contributed by atoms with Crippen molar-refractivity contribution in [2.75, 3.05) is 18.8 Å². The molecule has 1 saturated heterocycles. The summed E-state index contributed by atoms with van der Waals surface area (Å²) in [6.45, 7) is 5.41. The molecule has 1 aromatic carbocycles.